The molecule has 0 unspecified atom stereocenters. The minimum absolute atomic E-state index is 0.00993. The molecule has 160 valence electrons. The summed E-state index contributed by atoms with van der Waals surface area (Å²) in [7, 11) is 1.55. The fourth-order valence-electron chi connectivity index (χ4n) is 3.16. The normalized spacial score (nSPS) is 17.6. The Kier molecular flexibility index (Phi) is 4.60. The number of carbonyl (C=O) groups is 1. The molecule has 2 N–H and O–H groups in total. The predicted octanol–water partition coefficient (Wildman–Crippen LogP) is 1.43. The molecule has 12 heteroatoms. The van der Waals surface area contributed by atoms with E-state index in [9.17, 15) is 9.59 Å². The van der Waals surface area contributed by atoms with Crippen molar-refractivity contribution in [2.45, 2.75) is 6.92 Å². The van der Waals surface area contributed by atoms with Gasteiger partial charge in [-0.05, 0) is 41.1 Å². The molecule has 5 rings (SSSR count). The first kappa shape index (κ1) is 19.4. The smallest absolute Gasteiger partial charge is 0.439 e. The highest BCUT2D eigenvalue weighted by molar-refractivity contribution is 6.00. The Morgan fingerprint density at radius 3 is 2.50 bits per heavy atom. The highest BCUT2D eigenvalue weighted by atomic mass is 16.7. The highest BCUT2D eigenvalue weighted by Crippen LogP contribution is 2.28. The Balaban J connectivity index is 1.55. The topological polar surface area (TPSA) is 138 Å². The number of H-pyrrole nitrogens is 1. The Hall–Kier alpha value is -4.58. The molecule has 0 atom stereocenters. The van der Waals surface area contributed by atoms with Crippen LogP contribution in [0.4, 0.5) is 5.69 Å². The van der Waals surface area contributed by atoms with Crippen LogP contribution in [0, 0.1) is 6.92 Å². The largest absolute Gasteiger partial charge is 0.497 e. The summed E-state index contributed by atoms with van der Waals surface area (Å²) >= 11 is 0. The first-order valence-electron chi connectivity index (χ1n) is 9.42. The van der Waals surface area contributed by atoms with Crippen LogP contribution in [0.25, 0.3) is 5.69 Å². The number of carbonyl (C=O) groups excluding carboxylic acids is 1. The molecule has 2 aromatic carbocycles. The Morgan fingerprint density at radius 2 is 1.78 bits per heavy atom. The molecule has 0 bridgehead atoms. The lowest BCUT2D eigenvalue weighted by Gasteiger charge is -2.15. The number of azo groups is 1. The minimum atomic E-state index is -0.702. The number of ether oxygens (including phenoxy) is 1. The van der Waals surface area contributed by atoms with E-state index in [4.69, 9.17) is 14.1 Å². The third-order valence-corrected chi connectivity index (χ3v) is 4.79. The van der Waals surface area contributed by atoms with Gasteiger partial charge in [-0.1, -0.05) is 23.3 Å². The van der Waals surface area contributed by atoms with Crippen LogP contribution < -0.4 is 25.6 Å². The number of benzene rings is 2. The van der Waals surface area contributed by atoms with E-state index in [1.54, 1.807) is 43.5 Å². The van der Waals surface area contributed by atoms with Crippen molar-refractivity contribution in [1.82, 2.24) is 10.9 Å². The Labute approximate surface area is 180 Å². The van der Waals surface area contributed by atoms with Gasteiger partial charge in [-0.2, -0.15) is 4.99 Å². The van der Waals surface area contributed by atoms with E-state index >= 15 is 0 Å². The third-order valence-electron chi connectivity index (χ3n) is 4.79. The monoisotopic (exact) mass is 434 g/mol. The van der Waals surface area contributed by atoms with Crippen LogP contribution in [-0.2, 0) is 9.63 Å². The first-order valence-corrected chi connectivity index (χ1v) is 9.42. The number of nitrogens with zero attached hydrogens (tertiary/aromatic N) is 5. The van der Waals surface area contributed by atoms with E-state index in [2.05, 4.69) is 26.1 Å². The van der Waals surface area contributed by atoms with Gasteiger partial charge in [-0.25, -0.2) is 14.6 Å². The molecule has 3 aromatic rings. The van der Waals surface area contributed by atoms with E-state index in [1.807, 2.05) is 19.1 Å². The number of aromatic amines is 1. The van der Waals surface area contributed by atoms with Crippen molar-refractivity contribution < 1.29 is 23.6 Å². The van der Waals surface area contributed by atoms with Crippen LogP contribution in [0.1, 0.15) is 11.3 Å². The molecule has 1 fully saturated rings. The first-order chi connectivity index (χ1) is 15.5. The van der Waals surface area contributed by atoms with Gasteiger partial charge in [-0.3, -0.25) is 4.52 Å². The van der Waals surface area contributed by atoms with Crippen molar-refractivity contribution in [3.8, 4) is 11.4 Å². The molecule has 1 saturated heterocycles. The summed E-state index contributed by atoms with van der Waals surface area (Å²) < 4.78 is 11.5. The lowest BCUT2D eigenvalue weighted by molar-refractivity contribution is -0.671. The maximum atomic E-state index is 12.4. The summed E-state index contributed by atoms with van der Waals surface area (Å²) in [6.07, 6.45) is 0. The molecular formula is C20H16N7O5+. The van der Waals surface area contributed by atoms with Crippen LogP contribution in [0.5, 0.6) is 5.75 Å². The number of rotatable bonds is 4. The molecule has 2 aliphatic rings. The molecule has 12 nitrogen and oxygen atoms in total. The Morgan fingerprint density at radius 1 is 1.03 bits per heavy atom. The molecule has 1 aromatic heterocycles. The van der Waals surface area contributed by atoms with Gasteiger partial charge in [0.1, 0.15) is 5.75 Å². The van der Waals surface area contributed by atoms with Gasteiger partial charge in [0.2, 0.25) is 11.5 Å². The second-order valence-corrected chi connectivity index (χ2v) is 6.82. The zero-order valence-corrected chi connectivity index (χ0v) is 16.9. The van der Waals surface area contributed by atoms with E-state index in [-0.39, 0.29) is 23.0 Å². The van der Waals surface area contributed by atoms with Gasteiger partial charge in [-0.15, -0.1) is 10.2 Å². The molecule has 0 radical (unpaired) electrons. The number of hydrogen-bond donors (Lipinski definition) is 2. The maximum absolute atomic E-state index is 12.4. The fourth-order valence-corrected chi connectivity index (χ4v) is 3.16. The van der Waals surface area contributed by atoms with Gasteiger partial charge >= 0.3 is 17.3 Å². The van der Waals surface area contributed by atoms with E-state index in [0.29, 0.717) is 17.1 Å². The minimum Gasteiger partial charge on any atom is -0.497 e. The summed E-state index contributed by atoms with van der Waals surface area (Å²) in [5.74, 6) is -0.0956. The quantitative estimate of drug-likeness (QED) is 0.468. The van der Waals surface area contributed by atoms with Crippen LogP contribution >= 0.6 is 0 Å². The SMILES string of the molecule is COc1ccc(N2NOC(=O)/C2=C2/N=NC(c3c(=O)o[nH][n+]3-c3ccc(C)cc3)=N2)cc1. The predicted molar refractivity (Wildman–Crippen MR) is 109 cm³/mol. The van der Waals surface area contributed by atoms with E-state index in [1.165, 1.54) is 9.69 Å². The highest BCUT2D eigenvalue weighted by Gasteiger charge is 2.37. The molecule has 32 heavy (non-hydrogen) atoms. The van der Waals surface area contributed by atoms with Crippen LogP contribution in [0.15, 0.2) is 84.6 Å². The molecule has 0 amide bonds. The van der Waals surface area contributed by atoms with Crippen molar-refractivity contribution in [2.24, 2.45) is 15.2 Å². The number of aromatic nitrogens is 2. The molecule has 0 spiro atoms. The molecule has 0 saturated carbocycles. The number of nitrogens with one attached hydrogen (secondary N) is 2. The second-order valence-electron chi connectivity index (χ2n) is 6.82. The van der Waals surface area contributed by atoms with E-state index < -0.39 is 11.6 Å². The summed E-state index contributed by atoms with van der Waals surface area (Å²) in [5.41, 5.74) is 4.13. The van der Waals surface area contributed by atoms with Gasteiger partial charge in [0, 0.05) is 12.1 Å². The van der Waals surface area contributed by atoms with Gasteiger partial charge in [0.15, 0.2) is 5.70 Å². The zero-order valence-electron chi connectivity index (χ0n) is 16.9. The van der Waals surface area contributed by atoms with Gasteiger partial charge in [0.25, 0.3) is 5.84 Å². The number of aliphatic imine (C=N–C) groups is 1. The summed E-state index contributed by atoms with van der Waals surface area (Å²) in [4.78, 5) is 34.0. The number of hydrogen-bond acceptors (Lipinski definition) is 10. The number of methoxy groups -OCH3 is 1. The van der Waals surface area contributed by atoms with Crippen LogP contribution in [-0.4, -0.2) is 24.2 Å². The Bertz CT molecular complexity index is 1350. The van der Waals surface area contributed by atoms with Crippen molar-refractivity contribution in [2.75, 3.05) is 12.1 Å². The van der Waals surface area contributed by atoms with E-state index in [0.717, 1.165) is 5.56 Å². The zero-order chi connectivity index (χ0) is 22.2. The molecule has 2 aliphatic heterocycles. The lowest BCUT2D eigenvalue weighted by Crippen LogP contribution is -2.40. The van der Waals surface area contributed by atoms with Gasteiger partial charge < -0.3 is 9.57 Å². The average molecular weight is 434 g/mol. The van der Waals surface area contributed by atoms with Crippen LogP contribution in [0.3, 0.4) is 0 Å². The summed E-state index contributed by atoms with van der Waals surface area (Å²) in [6, 6.07) is 14.3. The van der Waals surface area contributed by atoms with Crippen molar-refractivity contribution in [3.63, 3.8) is 0 Å². The number of hydrazine groups is 1. The maximum Gasteiger partial charge on any atom is 0.439 e. The fraction of sp³-hybridized carbons (Fsp3) is 0.100. The van der Waals surface area contributed by atoms with Crippen molar-refractivity contribution >= 4 is 17.5 Å². The number of anilines is 1. The molecule has 3 heterocycles. The summed E-state index contributed by atoms with van der Waals surface area (Å²) in [5, 5.41) is 11.9. The molecule has 0 aliphatic carbocycles. The van der Waals surface area contributed by atoms with Crippen molar-refractivity contribution in [3.05, 3.63) is 81.7 Å². The second kappa shape index (κ2) is 7.59. The summed E-state index contributed by atoms with van der Waals surface area (Å²) in [6.45, 7) is 1.95. The number of amidine groups is 1. The third kappa shape index (κ3) is 3.24. The number of aryl methyl sites for hydroxylation is 1. The molecular weight excluding hydrogens is 418 g/mol. The standard InChI is InChI=1S/C20H15N7O5/c1-11-3-5-12(6-4-11)26-15(19(28)31-24-26)17-21-18(23-22-17)16-20(29)32-25-27(16)13-7-9-14(30-2)10-8-13/h3-10H,1-2H3,(H-,21,24,25,28,29)/p+1. The lowest BCUT2D eigenvalue weighted by atomic mass is 10.2. The average Bonchev–Trinajstić information content (AvgIpc) is 3.52. The van der Waals surface area contributed by atoms with Crippen LogP contribution in [0.2, 0.25) is 0 Å². The van der Waals surface area contributed by atoms with Gasteiger partial charge in [0.05, 0.1) is 12.8 Å². The van der Waals surface area contributed by atoms with Crippen molar-refractivity contribution in [1.29, 1.82) is 0 Å².